The highest BCUT2D eigenvalue weighted by Gasteiger charge is 2.37. The van der Waals surface area contributed by atoms with Crippen molar-refractivity contribution in [3.63, 3.8) is 0 Å². The molecular weight excluding hydrogens is 287 g/mol. The smallest absolute Gasteiger partial charge is 0.426 e. The quantitative estimate of drug-likeness (QED) is 0.353. The zero-order valence-electron chi connectivity index (χ0n) is 12.1. The van der Waals surface area contributed by atoms with Gasteiger partial charge in [0.2, 0.25) is 5.91 Å². The number of benzene rings is 1. The van der Waals surface area contributed by atoms with E-state index in [1.165, 1.54) is 0 Å². The number of hydrogen-bond donors (Lipinski definition) is 5. The van der Waals surface area contributed by atoms with Crippen LogP contribution in [0.25, 0.3) is 0 Å². The number of rotatable bonds is 5. The zero-order valence-corrected chi connectivity index (χ0v) is 12.1. The second kappa shape index (κ2) is 7.71. The topological polar surface area (TPSA) is 125 Å². The highest BCUT2D eigenvalue weighted by atomic mass is 16.5. The van der Waals surface area contributed by atoms with Crippen molar-refractivity contribution >= 4 is 13.0 Å². The van der Waals surface area contributed by atoms with Crippen molar-refractivity contribution in [1.29, 1.82) is 0 Å². The number of aliphatic hydroxyl groups excluding tert-OH is 1. The summed E-state index contributed by atoms with van der Waals surface area (Å²) in [5.74, 6) is -0.950. The van der Waals surface area contributed by atoms with Crippen LogP contribution in [0, 0.1) is 0 Å². The van der Waals surface area contributed by atoms with Crippen LogP contribution in [-0.2, 0) is 9.45 Å². The van der Waals surface area contributed by atoms with E-state index in [2.05, 4.69) is 5.32 Å². The molecule has 7 nitrogen and oxygen atoms in total. The van der Waals surface area contributed by atoms with Gasteiger partial charge < -0.3 is 30.9 Å². The first-order valence-corrected chi connectivity index (χ1v) is 7.28. The Balaban J connectivity index is 1.87. The van der Waals surface area contributed by atoms with E-state index in [4.69, 9.17) is 20.6 Å². The summed E-state index contributed by atoms with van der Waals surface area (Å²) in [7, 11) is -1.19. The lowest BCUT2D eigenvalue weighted by atomic mass is 9.72. The first-order chi connectivity index (χ1) is 10.5. The van der Waals surface area contributed by atoms with E-state index in [1.54, 1.807) is 24.3 Å². The molecule has 0 bridgehead atoms. The zero-order chi connectivity index (χ0) is 16.1. The van der Waals surface area contributed by atoms with E-state index in [9.17, 15) is 9.82 Å². The number of hydrogen-bond acceptors (Lipinski definition) is 6. The molecule has 0 radical (unpaired) electrons. The highest BCUT2D eigenvalue weighted by Crippen LogP contribution is 2.20. The molecule has 0 spiro atoms. The van der Waals surface area contributed by atoms with E-state index in [0.29, 0.717) is 18.4 Å². The summed E-state index contributed by atoms with van der Waals surface area (Å²) in [4.78, 5) is 12.1. The maximum atomic E-state index is 12.1. The van der Waals surface area contributed by atoms with Crippen molar-refractivity contribution in [2.75, 3.05) is 0 Å². The molecule has 1 aromatic rings. The summed E-state index contributed by atoms with van der Waals surface area (Å²) in [6.45, 7) is 0. The number of aliphatic hydroxyl groups is 2. The van der Waals surface area contributed by atoms with Gasteiger partial charge in [-0.15, -0.1) is 0 Å². The third kappa shape index (κ3) is 4.52. The Bertz CT molecular complexity index is 487. The number of nitrogens with two attached hydrogens (primary N) is 1. The van der Waals surface area contributed by atoms with Crippen LogP contribution in [0.4, 0.5) is 0 Å². The van der Waals surface area contributed by atoms with Crippen LogP contribution in [0.3, 0.4) is 0 Å². The molecule has 1 heterocycles. The molecule has 8 heteroatoms. The second-order valence-corrected chi connectivity index (χ2v) is 5.45. The van der Waals surface area contributed by atoms with Gasteiger partial charge in [0.15, 0.2) is 6.29 Å². The van der Waals surface area contributed by atoms with Crippen LogP contribution in [0.1, 0.15) is 30.9 Å². The Hall–Kier alpha value is -1.45. The maximum absolute atomic E-state index is 12.1. The van der Waals surface area contributed by atoms with Crippen molar-refractivity contribution in [3.8, 4) is 0 Å². The molecule has 3 atom stereocenters. The fraction of sp³-hybridized carbons (Fsp3) is 0.500. The van der Waals surface area contributed by atoms with Gasteiger partial charge in [-0.3, -0.25) is 4.79 Å². The van der Waals surface area contributed by atoms with Gasteiger partial charge in [-0.05, 0) is 18.4 Å². The molecule has 0 saturated carbocycles. The van der Waals surface area contributed by atoms with Gasteiger partial charge in [-0.1, -0.05) is 30.3 Å². The van der Waals surface area contributed by atoms with Gasteiger partial charge in [0.05, 0.1) is 5.94 Å². The Labute approximate surface area is 129 Å². The number of carbonyl (C=O) groups excluding carboxylic acids is 1. The summed E-state index contributed by atoms with van der Waals surface area (Å²) < 4.78 is 5.28. The molecule has 2 rings (SSSR count). The molecule has 1 amide bonds. The molecule has 1 aliphatic heterocycles. The molecule has 1 aromatic carbocycles. The van der Waals surface area contributed by atoms with Crippen molar-refractivity contribution in [2.24, 2.45) is 5.73 Å². The van der Waals surface area contributed by atoms with E-state index < -0.39 is 31.5 Å². The van der Waals surface area contributed by atoms with Crippen LogP contribution < -0.4 is 11.1 Å². The lowest BCUT2D eigenvalue weighted by molar-refractivity contribution is -0.123. The minimum absolute atomic E-state index is 0.0290. The molecule has 1 aliphatic rings. The van der Waals surface area contributed by atoms with Gasteiger partial charge in [0.1, 0.15) is 6.04 Å². The summed E-state index contributed by atoms with van der Waals surface area (Å²) >= 11 is 0. The standard InChI is InChI=1S/C14H21BN2O5/c16-13(9-4-2-1-3-5-9)14(20)17-11-7-6-10(8-12(18)19)22-15(11)21/h1-5,10-13,18-19,21H,6-8,16H2,(H,17,20)/t10-,11-,13+/m0/s1. The molecule has 6 N–H and O–H groups in total. The highest BCUT2D eigenvalue weighted by molar-refractivity contribution is 6.45. The molecule has 0 unspecified atom stereocenters. The normalized spacial score (nSPS) is 23.4. The van der Waals surface area contributed by atoms with Gasteiger partial charge in [-0.25, -0.2) is 0 Å². The first-order valence-electron chi connectivity index (χ1n) is 7.28. The van der Waals surface area contributed by atoms with Crippen LogP contribution in [0.2, 0.25) is 0 Å². The lowest BCUT2D eigenvalue weighted by Crippen LogP contribution is -2.54. The summed E-state index contributed by atoms with van der Waals surface area (Å²) in [6, 6.07) is 8.14. The Morgan fingerprint density at radius 2 is 2.05 bits per heavy atom. The van der Waals surface area contributed by atoms with Crippen molar-refractivity contribution in [2.45, 2.75) is 43.6 Å². The average molecular weight is 308 g/mol. The van der Waals surface area contributed by atoms with Crippen molar-refractivity contribution in [1.82, 2.24) is 5.32 Å². The Morgan fingerprint density at radius 3 is 2.64 bits per heavy atom. The van der Waals surface area contributed by atoms with E-state index >= 15 is 0 Å². The number of carbonyl (C=O) groups is 1. The summed E-state index contributed by atoms with van der Waals surface area (Å²) in [5.41, 5.74) is 6.58. The maximum Gasteiger partial charge on any atom is 0.478 e. The van der Waals surface area contributed by atoms with Gasteiger partial charge >= 0.3 is 7.12 Å². The molecule has 0 aromatic heterocycles. The molecule has 120 valence electrons. The minimum atomic E-state index is -1.48. The van der Waals surface area contributed by atoms with E-state index in [1.807, 2.05) is 6.07 Å². The monoisotopic (exact) mass is 308 g/mol. The third-order valence-corrected chi connectivity index (χ3v) is 3.72. The van der Waals surface area contributed by atoms with Crippen LogP contribution in [0.5, 0.6) is 0 Å². The number of amides is 1. The van der Waals surface area contributed by atoms with Gasteiger partial charge in [-0.2, -0.15) is 0 Å². The second-order valence-electron chi connectivity index (χ2n) is 5.45. The van der Waals surface area contributed by atoms with Crippen LogP contribution in [-0.4, -0.2) is 46.6 Å². The Morgan fingerprint density at radius 1 is 1.36 bits per heavy atom. The van der Waals surface area contributed by atoms with Crippen molar-refractivity contribution in [3.05, 3.63) is 35.9 Å². The Kier molecular flexibility index (Phi) is 5.93. The molecular formula is C14H21BN2O5. The fourth-order valence-corrected chi connectivity index (χ4v) is 2.50. The summed E-state index contributed by atoms with van der Waals surface area (Å²) in [6.07, 6.45) is -0.895. The predicted octanol–water partition coefficient (Wildman–Crippen LogP) is -0.929. The SMILES string of the molecule is N[C@@H](C(=O)N[C@H]1CC[C@@H](CC(O)O)OB1O)c1ccccc1. The molecule has 1 saturated heterocycles. The lowest BCUT2D eigenvalue weighted by Gasteiger charge is -2.32. The van der Waals surface area contributed by atoms with E-state index in [-0.39, 0.29) is 12.3 Å². The third-order valence-electron chi connectivity index (χ3n) is 3.72. The van der Waals surface area contributed by atoms with Gasteiger partial charge in [0, 0.05) is 12.5 Å². The first kappa shape index (κ1) is 16.9. The van der Waals surface area contributed by atoms with Crippen molar-refractivity contribution < 1.29 is 24.7 Å². The van der Waals surface area contributed by atoms with Gasteiger partial charge in [0.25, 0.3) is 0 Å². The summed E-state index contributed by atoms with van der Waals surface area (Å²) in [5, 5.41) is 30.4. The molecule has 22 heavy (non-hydrogen) atoms. The molecule has 1 fully saturated rings. The van der Waals surface area contributed by atoms with Crippen LogP contribution >= 0.6 is 0 Å². The molecule has 0 aliphatic carbocycles. The fourth-order valence-electron chi connectivity index (χ4n) is 2.50. The predicted molar refractivity (Wildman–Crippen MR) is 80.2 cm³/mol. The number of nitrogens with one attached hydrogen (secondary N) is 1. The largest absolute Gasteiger partial charge is 0.478 e. The van der Waals surface area contributed by atoms with Crippen LogP contribution in [0.15, 0.2) is 30.3 Å². The minimum Gasteiger partial charge on any atom is -0.426 e. The average Bonchev–Trinajstić information content (AvgIpc) is 2.49. The van der Waals surface area contributed by atoms with E-state index in [0.717, 1.165) is 0 Å².